The van der Waals surface area contributed by atoms with Crippen molar-refractivity contribution < 1.29 is 23.8 Å². The Labute approximate surface area is 207 Å². The van der Waals surface area contributed by atoms with Crippen LogP contribution >= 0.6 is 0 Å². The predicted molar refractivity (Wildman–Crippen MR) is 133 cm³/mol. The summed E-state index contributed by atoms with van der Waals surface area (Å²) in [6.07, 6.45) is 2.04. The fourth-order valence-corrected chi connectivity index (χ4v) is 5.33. The van der Waals surface area contributed by atoms with E-state index in [9.17, 15) is 9.59 Å². The SMILES string of the molecule is COCCN1C(=O)NC(Cc2cccc(OC)c2)(C2CCN(Cc3ccccc3OC)CC2)C1=O. The lowest BCUT2D eigenvalue weighted by Crippen LogP contribution is -2.57. The van der Waals surface area contributed by atoms with Crippen molar-refractivity contribution in [1.29, 1.82) is 0 Å². The first kappa shape index (κ1) is 25.0. The summed E-state index contributed by atoms with van der Waals surface area (Å²) in [5, 5.41) is 3.12. The molecule has 1 unspecified atom stereocenters. The summed E-state index contributed by atoms with van der Waals surface area (Å²) in [4.78, 5) is 30.4. The zero-order chi connectivity index (χ0) is 24.8. The van der Waals surface area contributed by atoms with E-state index in [1.54, 1.807) is 21.3 Å². The van der Waals surface area contributed by atoms with Crippen LogP contribution in [0, 0.1) is 5.92 Å². The van der Waals surface area contributed by atoms with Gasteiger partial charge in [-0.2, -0.15) is 0 Å². The van der Waals surface area contributed by atoms with E-state index >= 15 is 0 Å². The number of carbonyl (C=O) groups excluding carboxylic acids is 2. The molecule has 188 valence electrons. The van der Waals surface area contributed by atoms with Gasteiger partial charge in [0, 0.05) is 25.6 Å². The van der Waals surface area contributed by atoms with Gasteiger partial charge in [-0.25, -0.2) is 4.79 Å². The van der Waals surface area contributed by atoms with E-state index in [1.807, 2.05) is 42.5 Å². The molecule has 2 fully saturated rings. The number of benzene rings is 2. The van der Waals surface area contributed by atoms with Crippen molar-refractivity contribution in [3.05, 3.63) is 59.7 Å². The Morgan fingerprint density at radius 1 is 1.00 bits per heavy atom. The first-order valence-corrected chi connectivity index (χ1v) is 12.1. The Bertz CT molecular complexity index is 1040. The van der Waals surface area contributed by atoms with Gasteiger partial charge in [-0.15, -0.1) is 0 Å². The van der Waals surface area contributed by atoms with Gasteiger partial charge in [0.05, 0.1) is 27.4 Å². The number of piperidine rings is 1. The van der Waals surface area contributed by atoms with E-state index in [0.717, 1.165) is 55.1 Å². The molecule has 2 aromatic carbocycles. The summed E-state index contributed by atoms with van der Waals surface area (Å²) in [5.41, 5.74) is 1.13. The van der Waals surface area contributed by atoms with Crippen LogP contribution in [0.25, 0.3) is 0 Å². The molecule has 8 heteroatoms. The molecule has 0 aliphatic carbocycles. The summed E-state index contributed by atoms with van der Waals surface area (Å²) in [6, 6.07) is 15.4. The van der Waals surface area contributed by atoms with Gasteiger partial charge < -0.3 is 19.5 Å². The third-order valence-corrected chi connectivity index (χ3v) is 7.21. The average Bonchev–Trinajstić information content (AvgIpc) is 3.12. The van der Waals surface area contributed by atoms with Gasteiger partial charge >= 0.3 is 6.03 Å². The lowest BCUT2D eigenvalue weighted by atomic mass is 9.74. The van der Waals surface area contributed by atoms with E-state index in [0.29, 0.717) is 13.0 Å². The van der Waals surface area contributed by atoms with Crippen LogP contribution in [0.3, 0.4) is 0 Å². The maximum atomic E-state index is 13.8. The molecule has 4 rings (SSSR count). The van der Waals surface area contributed by atoms with Crippen LogP contribution in [0.1, 0.15) is 24.0 Å². The molecule has 2 heterocycles. The second-order valence-corrected chi connectivity index (χ2v) is 9.24. The number of imide groups is 1. The number of hydrogen-bond donors (Lipinski definition) is 1. The highest BCUT2D eigenvalue weighted by atomic mass is 16.5. The predicted octanol–water partition coefficient (Wildman–Crippen LogP) is 3.10. The van der Waals surface area contributed by atoms with Crippen molar-refractivity contribution in [2.75, 3.05) is 47.6 Å². The third kappa shape index (κ3) is 5.28. The number of urea groups is 1. The standard InChI is InChI=1S/C27H35N3O5/c1-33-16-15-30-25(31)27(28-26(30)32,18-20-7-6-9-23(17-20)34-2)22-11-13-29(14-12-22)19-21-8-4-5-10-24(21)35-3/h4-10,17,22H,11-16,18-19H2,1-3H3,(H,28,32). The van der Waals surface area contributed by atoms with E-state index in [2.05, 4.69) is 16.3 Å². The number of rotatable bonds is 10. The van der Waals surface area contributed by atoms with Crippen LogP contribution in [0.2, 0.25) is 0 Å². The molecule has 0 bridgehead atoms. The lowest BCUT2D eigenvalue weighted by Gasteiger charge is -2.41. The summed E-state index contributed by atoms with van der Waals surface area (Å²) in [6.45, 7) is 3.02. The first-order valence-electron chi connectivity index (χ1n) is 12.1. The summed E-state index contributed by atoms with van der Waals surface area (Å²) in [7, 11) is 4.89. The van der Waals surface area contributed by atoms with Gasteiger partial charge in [0.2, 0.25) is 0 Å². The molecule has 0 spiro atoms. The van der Waals surface area contributed by atoms with E-state index in [1.165, 1.54) is 4.90 Å². The van der Waals surface area contributed by atoms with Crippen molar-refractivity contribution in [2.24, 2.45) is 5.92 Å². The lowest BCUT2D eigenvalue weighted by molar-refractivity contribution is -0.134. The Morgan fingerprint density at radius 3 is 2.49 bits per heavy atom. The molecule has 2 aromatic rings. The highest BCUT2D eigenvalue weighted by Crippen LogP contribution is 2.37. The van der Waals surface area contributed by atoms with Gasteiger partial charge in [-0.3, -0.25) is 14.6 Å². The third-order valence-electron chi connectivity index (χ3n) is 7.21. The molecule has 35 heavy (non-hydrogen) atoms. The van der Waals surface area contributed by atoms with Crippen LogP contribution in [-0.2, 0) is 22.5 Å². The summed E-state index contributed by atoms with van der Waals surface area (Å²) >= 11 is 0. The maximum Gasteiger partial charge on any atom is 0.325 e. The Balaban J connectivity index is 1.54. The minimum atomic E-state index is -0.978. The van der Waals surface area contributed by atoms with Crippen LogP contribution in [0.15, 0.2) is 48.5 Å². The van der Waals surface area contributed by atoms with Gasteiger partial charge in [-0.1, -0.05) is 30.3 Å². The molecular formula is C27H35N3O5. The van der Waals surface area contributed by atoms with E-state index in [-0.39, 0.29) is 24.4 Å². The van der Waals surface area contributed by atoms with Gasteiger partial charge in [0.15, 0.2) is 0 Å². The second-order valence-electron chi connectivity index (χ2n) is 9.24. The average molecular weight is 482 g/mol. The molecule has 0 radical (unpaired) electrons. The summed E-state index contributed by atoms with van der Waals surface area (Å²) in [5.74, 6) is 1.48. The maximum absolute atomic E-state index is 13.8. The van der Waals surface area contributed by atoms with Crippen molar-refractivity contribution in [1.82, 2.24) is 15.1 Å². The molecule has 2 saturated heterocycles. The minimum Gasteiger partial charge on any atom is -0.497 e. The van der Waals surface area contributed by atoms with Crippen molar-refractivity contribution >= 4 is 11.9 Å². The number of methoxy groups -OCH3 is 3. The first-order chi connectivity index (χ1) is 17.0. The number of hydrogen-bond acceptors (Lipinski definition) is 6. The Morgan fingerprint density at radius 2 is 1.77 bits per heavy atom. The fraction of sp³-hybridized carbons (Fsp3) is 0.481. The molecule has 0 aromatic heterocycles. The number of ether oxygens (including phenoxy) is 3. The van der Waals surface area contributed by atoms with Crippen LogP contribution in [0.5, 0.6) is 11.5 Å². The van der Waals surface area contributed by atoms with Crippen LogP contribution in [-0.4, -0.2) is 74.8 Å². The number of carbonyl (C=O) groups is 2. The van der Waals surface area contributed by atoms with Gasteiger partial charge in [-0.05, 0) is 55.6 Å². The van der Waals surface area contributed by atoms with Gasteiger partial charge in [0.25, 0.3) is 5.91 Å². The molecule has 2 aliphatic heterocycles. The van der Waals surface area contributed by atoms with Crippen LogP contribution < -0.4 is 14.8 Å². The number of nitrogens with one attached hydrogen (secondary N) is 1. The Hall–Kier alpha value is -3.10. The largest absolute Gasteiger partial charge is 0.497 e. The van der Waals surface area contributed by atoms with E-state index < -0.39 is 5.54 Å². The smallest absolute Gasteiger partial charge is 0.325 e. The normalized spacial score (nSPS) is 21.3. The zero-order valence-electron chi connectivity index (χ0n) is 20.8. The highest BCUT2D eigenvalue weighted by Gasteiger charge is 2.55. The number of para-hydroxylation sites is 1. The molecule has 8 nitrogen and oxygen atoms in total. The molecule has 2 aliphatic rings. The number of nitrogens with zero attached hydrogens (tertiary/aromatic N) is 2. The minimum absolute atomic E-state index is 0.0200. The number of likely N-dealkylation sites (tertiary alicyclic amines) is 1. The number of amides is 3. The quantitative estimate of drug-likeness (QED) is 0.526. The van der Waals surface area contributed by atoms with Crippen molar-refractivity contribution in [3.63, 3.8) is 0 Å². The molecule has 0 saturated carbocycles. The van der Waals surface area contributed by atoms with Gasteiger partial charge in [0.1, 0.15) is 17.0 Å². The topological polar surface area (TPSA) is 80.3 Å². The fourth-order valence-electron chi connectivity index (χ4n) is 5.33. The Kier molecular flexibility index (Phi) is 7.93. The molecule has 1 atom stereocenters. The zero-order valence-corrected chi connectivity index (χ0v) is 20.8. The van der Waals surface area contributed by atoms with Crippen molar-refractivity contribution in [3.8, 4) is 11.5 Å². The second kappa shape index (κ2) is 11.1. The van der Waals surface area contributed by atoms with E-state index in [4.69, 9.17) is 14.2 Å². The summed E-state index contributed by atoms with van der Waals surface area (Å²) < 4.78 is 16.1. The molecular weight excluding hydrogens is 446 g/mol. The molecule has 1 N–H and O–H groups in total. The molecule has 3 amide bonds. The van der Waals surface area contributed by atoms with Crippen LogP contribution in [0.4, 0.5) is 4.79 Å². The monoisotopic (exact) mass is 481 g/mol. The highest BCUT2D eigenvalue weighted by molar-refractivity contribution is 6.07. The van der Waals surface area contributed by atoms with Crippen molar-refractivity contribution in [2.45, 2.75) is 31.3 Å².